The van der Waals surface area contributed by atoms with Gasteiger partial charge < -0.3 is 10.1 Å². The van der Waals surface area contributed by atoms with Crippen LogP contribution in [0.4, 0.5) is 5.69 Å². The molecule has 1 aromatic heterocycles. The number of anilines is 1. The molecular weight excluding hydrogens is 486 g/mol. The zero-order valence-corrected chi connectivity index (χ0v) is 22.9. The smallest absolute Gasteiger partial charge is 0.261 e. The molecule has 5 aliphatic rings. The largest absolute Gasteiger partial charge is 0.497 e. The Labute approximate surface area is 230 Å². The van der Waals surface area contributed by atoms with E-state index in [1.54, 1.807) is 31.4 Å². The Morgan fingerprint density at radius 2 is 1.62 bits per heavy atom. The lowest BCUT2D eigenvalue weighted by Gasteiger charge is -2.56. The van der Waals surface area contributed by atoms with E-state index in [1.165, 1.54) is 49.1 Å². The van der Waals surface area contributed by atoms with Crippen LogP contribution in [0.25, 0.3) is 10.9 Å². The van der Waals surface area contributed by atoms with Gasteiger partial charge in [0.1, 0.15) is 5.75 Å². The van der Waals surface area contributed by atoms with Gasteiger partial charge in [-0.2, -0.15) is 0 Å². The van der Waals surface area contributed by atoms with Gasteiger partial charge >= 0.3 is 0 Å². The maximum Gasteiger partial charge on any atom is 0.261 e. The first-order chi connectivity index (χ1) is 18.9. The van der Waals surface area contributed by atoms with Gasteiger partial charge in [-0.25, -0.2) is 0 Å². The summed E-state index contributed by atoms with van der Waals surface area (Å²) in [6, 6.07) is 15.9. The van der Waals surface area contributed by atoms with Gasteiger partial charge in [0, 0.05) is 35.1 Å². The molecule has 202 valence electrons. The van der Waals surface area contributed by atoms with Crippen LogP contribution >= 0.6 is 0 Å². The lowest BCUT2D eigenvalue weighted by molar-refractivity contribution is -0.00705. The highest BCUT2D eigenvalue weighted by atomic mass is 16.5. The van der Waals surface area contributed by atoms with Gasteiger partial charge in [-0.05, 0) is 100 Å². The van der Waals surface area contributed by atoms with Crippen LogP contribution in [0.1, 0.15) is 84.7 Å². The van der Waals surface area contributed by atoms with Gasteiger partial charge in [0.05, 0.1) is 29.4 Å². The molecule has 2 amide bonds. The lowest BCUT2D eigenvalue weighted by Crippen LogP contribution is -2.48. The first-order valence-electron chi connectivity index (χ1n) is 14.6. The van der Waals surface area contributed by atoms with Gasteiger partial charge in [-0.1, -0.05) is 18.2 Å². The number of hydrogen-bond acceptors (Lipinski definition) is 5. The van der Waals surface area contributed by atoms with Gasteiger partial charge in [-0.3, -0.25) is 19.5 Å². The predicted molar refractivity (Wildman–Crippen MR) is 152 cm³/mol. The minimum atomic E-state index is -0.184. The number of ether oxygens (including phenoxy) is 1. The van der Waals surface area contributed by atoms with Crippen molar-refractivity contribution in [3.63, 3.8) is 0 Å². The van der Waals surface area contributed by atoms with Crippen molar-refractivity contribution in [2.24, 2.45) is 17.8 Å². The summed E-state index contributed by atoms with van der Waals surface area (Å²) in [5, 5.41) is 4.78. The molecule has 4 saturated carbocycles. The third-order valence-corrected chi connectivity index (χ3v) is 9.88. The SMILES string of the molecule is COc1cc(NC(C)CCCN2C(=O)c3ccccc3C2=O)c2nc(C34CC5CC(CC(C5)C3)C4)ccc2c1. The van der Waals surface area contributed by atoms with Crippen LogP contribution in [-0.4, -0.2) is 41.4 Å². The molecule has 3 aromatic rings. The molecule has 1 N–H and O–H groups in total. The molecule has 4 fully saturated rings. The van der Waals surface area contributed by atoms with Gasteiger partial charge in [0.25, 0.3) is 11.8 Å². The summed E-state index contributed by atoms with van der Waals surface area (Å²) in [6.45, 7) is 2.57. The minimum absolute atomic E-state index is 0.139. The number of benzene rings is 2. The van der Waals surface area contributed by atoms with Crippen molar-refractivity contribution in [2.75, 3.05) is 19.0 Å². The van der Waals surface area contributed by atoms with Crippen molar-refractivity contribution in [3.05, 3.63) is 65.4 Å². The van der Waals surface area contributed by atoms with Crippen LogP contribution < -0.4 is 10.1 Å². The molecule has 39 heavy (non-hydrogen) atoms. The Kier molecular flexibility index (Phi) is 5.91. The molecule has 6 heteroatoms. The third-order valence-electron chi connectivity index (χ3n) is 9.88. The van der Waals surface area contributed by atoms with Crippen LogP contribution in [-0.2, 0) is 5.41 Å². The lowest BCUT2D eigenvalue weighted by atomic mass is 9.49. The number of pyridine rings is 1. The average molecular weight is 524 g/mol. The Balaban J connectivity index is 1.09. The molecule has 1 aliphatic heterocycles. The highest BCUT2D eigenvalue weighted by Gasteiger charge is 2.52. The number of carbonyl (C=O) groups is 2. The fraction of sp³-hybridized carbons (Fsp3) is 0.485. The number of hydrogen-bond donors (Lipinski definition) is 1. The number of amides is 2. The first-order valence-corrected chi connectivity index (χ1v) is 14.6. The summed E-state index contributed by atoms with van der Waals surface area (Å²) in [4.78, 5) is 32.2. The van der Waals surface area contributed by atoms with E-state index in [1.807, 2.05) is 0 Å². The quantitative estimate of drug-likeness (QED) is 0.337. The molecule has 1 unspecified atom stereocenters. The summed E-state index contributed by atoms with van der Waals surface area (Å²) in [7, 11) is 1.70. The number of rotatable bonds is 8. The van der Waals surface area contributed by atoms with Crippen molar-refractivity contribution in [1.82, 2.24) is 9.88 Å². The Hall–Kier alpha value is -3.41. The number of nitrogens with zero attached hydrogens (tertiary/aromatic N) is 2. The van der Waals surface area contributed by atoms with E-state index in [9.17, 15) is 9.59 Å². The van der Waals surface area contributed by atoms with Gasteiger partial charge in [0.15, 0.2) is 0 Å². The minimum Gasteiger partial charge on any atom is -0.497 e. The summed E-state index contributed by atoms with van der Waals surface area (Å²) >= 11 is 0. The number of nitrogens with one attached hydrogen (secondary N) is 1. The summed E-state index contributed by atoms with van der Waals surface area (Å²) in [5.41, 5.74) is 4.55. The Morgan fingerprint density at radius 1 is 0.974 bits per heavy atom. The van der Waals surface area contributed by atoms with Crippen molar-refractivity contribution in [2.45, 2.75) is 69.7 Å². The fourth-order valence-electron chi connectivity index (χ4n) is 8.49. The number of imide groups is 1. The highest BCUT2D eigenvalue weighted by molar-refractivity contribution is 6.21. The summed E-state index contributed by atoms with van der Waals surface area (Å²) in [6.07, 6.45) is 9.72. The highest BCUT2D eigenvalue weighted by Crippen LogP contribution is 2.60. The monoisotopic (exact) mass is 523 g/mol. The number of fused-ring (bicyclic) bond motifs is 2. The van der Waals surface area contributed by atoms with Crippen LogP contribution in [0.2, 0.25) is 0 Å². The Morgan fingerprint density at radius 3 is 2.23 bits per heavy atom. The second-order valence-electron chi connectivity index (χ2n) is 12.6. The molecule has 2 heterocycles. The number of aromatic nitrogens is 1. The molecule has 4 aliphatic carbocycles. The number of carbonyl (C=O) groups excluding carboxylic acids is 2. The van der Waals surface area contributed by atoms with E-state index >= 15 is 0 Å². The molecule has 0 saturated heterocycles. The normalized spacial score (nSPS) is 27.7. The maximum atomic E-state index is 12.7. The van der Waals surface area contributed by atoms with Gasteiger partial charge in [0.2, 0.25) is 0 Å². The van der Waals surface area contributed by atoms with E-state index in [2.05, 4.69) is 36.5 Å². The van der Waals surface area contributed by atoms with E-state index in [4.69, 9.17) is 9.72 Å². The molecular formula is C33H37N3O3. The molecule has 2 aromatic carbocycles. The molecule has 1 atom stereocenters. The molecule has 6 nitrogen and oxygen atoms in total. The van der Waals surface area contributed by atoms with Crippen molar-refractivity contribution in [1.29, 1.82) is 0 Å². The maximum absolute atomic E-state index is 12.7. The second-order valence-corrected chi connectivity index (χ2v) is 12.6. The summed E-state index contributed by atoms with van der Waals surface area (Å²) in [5.74, 6) is 3.08. The van der Waals surface area contributed by atoms with E-state index in [-0.39, 0.29) is 23.3 Å². The van der Waals surface area contributed by atoms with E-state index in [0.29, 0.717) is 17.7 Å². The first kappa shape index (κ1) is 24.6. The zero-order chi connectivity index (χ0) is 26.7. The van der Waals surface area contributed by atoms with Crippen molar-refractivity contribution < 1.29 is 14.3 Å². The zero-order valence-electron chi connectivity index (χ0n) is 22.9. The molecule has 8 rings (SSSR count). The second kappa shape index (κ2) is 9.35. The summed E-state index contributed by atoms with van der Waals surface area (Å²) < 4.78 is 5.63. The van der Waals surface area contributed by atoms with E-state index in [0.717, 1.165) is 52.9 Å². The number of methoxy groups -OCH3 is 1. The molecule has 0 spiro atoms. The van der Waals surface area contributed by atoms with Gasteiger partial charge in [-0.15, -0.1) is 0 Å². The van der Waals surface area contributed by atoms with Crippen molar-refractivity contribution in [3.8, 4) is 5.75 Å². The van der Waals surface area contributed by atoms with Crippen molar-refractivity contribution >= 4 is 28.4 Å². The third kappa shape index (κ3) is 4.19. The fourth-order valence-corrected chi connectivity index (χ4v) is 8.49. The van der Waals surface area contributed by atoms with E-state index < -0.39 is 0 Å². The topological polar surface area (TPSA) is 71.5 Å². The molecule has 0 radical (unpaired) electrons. The van der Waals surface area contributed by atoms with Crippen LogP contribution in [0, 0.1) is 17.8 Å². The predicted octanol–water partition coefficient (Wildman–Crippen LogP) is 6.59. The van der Waals surface area contributed by atoms with Crippen LogP contribution in [0.15, 0.2) is 48.5 Å². The molecule has 4 bridgehead atoms. The standard InChI is InChI=1S/C33H37N3O3/c1-20(6-5-11-36-31(37)26-7-3-4-8-27(26)32(36)38)34-28-16-25(39-2)15-24-9-10-29(35-30(24)28)33-17-21-12-22(18-33)14-23(13-21)19-33/h3-4,7-10,15-16,20-23,34H,5-6,11-14,17-19H2,1-2H3. The van der Waals surface area contributed by atoms with Crippen LogP contribution in [0.5, 0.6) is 5.75 Å². The average Bonchev–Trinajstić information content (AvgIpc) is 3.17. The Bertz CT molecular complexity index is 1390. The van der Waals surface area contributed by atoms with Crippen LogP contribution in [0.3, 0.4) is 0 Å².